The molecule has 0 N–H and O–H groups in total. The third-order valence-electron chi connectivity index (χ3n) is 3.74. The van der Waals surface area contributed by atoms with Gasteiger partial charge in [0, 0.05) is 0 Å². The van der Waals surface area contributed by atoms with E-state index in [4.69, 9.17) is 4.43 Å². The van der Waals surface area contributed by atoms with Crippen molar-refractivity contribution in [1.82, 2.24) is 0 Å². The van der Waals surface area contributed by atoms with E-state index < -0.39 is 8.32 Å². The topological polar surface area (TPSA) is 9.23 Å². The predicted molar refractivity (Wildman–Crippen MR) is 79.9 cm³/mol. The van der Waals surface area contributed by atoms with Crippen molar-refractivity contribution < 1.29 is 4.43 Å². The quantitative estimate of drug-likeness (QED) is 0.709. The van der Waals surface area contributed by atoms with Crippen LogP contribution in [0, 0.1) is 0 Å². The van der Waals surface area contributed by atoms with Crippen molar-refractivity contribution in [2.75, 3.05) is 0 Å². The van der Waals surface area contributed by atoms with E-state index in [2.05, 4.69) is 56.9 Å². The molecule has 1 unspecified atom stereocenters. The van der Waals surface area contributed by atoms with E-state index in [0.29, 0.717) is 0 Å². The van der Waals surface area contributed by atoms with Gasteiger partial charge in [-0.05, 0) is 36.7 Å². The van der Waals surface area contributed by atoms with Crippen LogP contribution < -0.4 is 0 Å². The van der Waals surface area contributed by atoms with E-state index in [0.717, 1.165) is 12.8 Å². The molecular weight excluding hydrogens is 236 g/mol. The molecule has 1 aliphatic rings. The Hall–Kier alpha value is -1.12. The molecule has 0 aliphatic carbocycles. The number of allylic oxidation sites excluding steroid dienone is 2. The first-order chi connectivity index (χ1) is 8.58. The van der Waals surface area contributed by atoms with E-state index in [1.807, 2.05) is 6.08 Å². The number of rotatable bonds is 3. The van der Waals surface area contributed by atoms with Crippen molar-refractivity contribution in [3.8, 4) is 0 Å². The first-order valence-corrected chi connectivity index (χ1v) is 9.57. The molecule has 1 saturated heterocycles. The number of hydrogen-bond acceptors (Lipinski definition) is 1. The standard InChI is InChI=1S/C16H22OSi/c1-5-13(6-2)16-12-15(17-18(16,3)4)14-10-8-7-9-11-14/h5,7-11,15H,1,6,12H2,2-4H3/b16-13-. The summed E-state index contributed by atoms with van der Waals surface area (Å²) < 4.78 is 6.37. The van der Waals surface area contributed by atoms with Gasteiger partial charge in [0.2, 0.25) is 8.32 Å². The SMILES string of the molecule is C=C/C(CC)=C1\CC(c2ccccc2)O[Si]1(C)C. The van der Waals surface area contributed by atoms with Gasteiger partial charge in [-0.3, -0.25) is 0 Å². The van der Waals surface area contributed by atoms with Gasteiger partial charge in [-0.2, -0.15) is 0 Å². The molecule has 0 aromatic heterocycles. The van der Waals surface area contributed by atoms with E-state index in [1.165, 1.54) is 16.3 Å². The van der Waals surface area contributed by atoms with Crippen LogP contribution in [0.1, 0.15) is 31.4 Å². The van der Waals surface area contributed by atoms with Crippen molar-refractivity contribution >= 4 is 8.32 Å². The summed E-state index contributed by atoms with van der Waals surface area (Å²) in [5.41, 5.74) is 2.69. The van der Waals surface area contributed by atoms with E-state index in [9.17, 15) is 0 Å². The molecule has 0 saturated carbocycles. The van der Waals surface area contributed by atoms with Crippen LogP contribution in [0.4, 0.5) is 0 Å². The third kappa shape index (κ3) is 2.50. The van der Waals surface area contributed by atoms with Gasteiger partial charge in [-0.25, -0.2) is 0 Å². The lowest BCUT2D eigenvalue weighted by Gasteiger charge is -2.19. The molecule has 1 aromatic rings. The number of hydrogen-bond donors (Lipinski definition) is 0. The lowest BCUT2D eigenvalue weighted by atomic mass is 10.0. The van der Waals surface area contributed by atoms with Crippen LogP contribution in [-0.4, -0.2) is 8.32 Å². The molecule has 0 bridgehead atoms. The van der Waals surface area contributed by atoms with Crippen molar-refractivity contribution in [3.05, 3.63) is 59.3 Å². The molecule has 0 spiro atoms. The normalized spacial score (nSPS) is 24.9. The van der Waals surface area contributed by atoms with Crippen LogP contribution in [0.2, 0.25) is 13.1 Å². The molecule has 1 fully saturated rings. The van der Waals surface area contributed by atoms with Gasteiger partial charge < -0.3 is 4.43 Å². The maximum Gasteiger partial charge on any atom is 0.215 e. The predicted octanol–water partition coefficient (Wildman–Crippen LogP) is 4.78. The van der Waals surface area contributed by atoms with Gasteiger partial charge in [0.05, 0.1) is 6.10 Å². The van der Waals surface area contributed by atoms with E-state index >= 15 is 0 Å². The molecule has 0 amide bonds. The Morgan fingerprint density at radius 1 is 1.39 bits per heavy atom. The molecular formula is C16H22OSi. The molecule has 1 aromatic carbocycles. The van der Waals surface area contributed by atoms with Crippen LogP contribution in [-0.2, 0) is 4.43 Å². The molecule has 2 heteroatoms. The fraction of sp³-hybridized carbons (Fsp3) is 0.375. The smallest absolute Gasteiger partial charge is 0.215 e. The largest absolute Gasteiger partial charge is 0.406 e. The Kier molecular flexibility index (Phi) is 3.88. The average molecular weight is 258 g/mol. The fourth-order valence-corrected chi connectivity index (χ4v) is 5.55. The minimum atomic E-state index is -1.71. The minimum absolute atomic E-state index is 0.240. The van der Waals surface area contributed by atoms with Crippen LogP contribution in [0.15, 0.2) is 53.8 Å². The molecule has 1 nitrogen and oxygen atoms in total. The Balaban J connectivity index is 2.33. The molecule has 96 valence electrons. The van der Waals surface area contributed by atoms with Gasteiger partial charge in [-0.15, -0.1) is 0 Å². The van der Waals surface area contributed by atoms with Crippen molar-refractivity contribution in [2.45, 2.75) is 39.0 Å². The third-order valence-corrected chi connectivity index (χ3v) is 6.59. The zero-order valence-corrected chi connectivity index (χ0v) is 12.6. The zero-order chi connectivity index (χ0) is 13.2. The maximum absolute atomic E-state index is 6.37. The van der Waals surface area contributed by atoms with Crippen LogP contribution in [0.5, 0.6) is 0 Å². The molecule has 1 aliphatic heterocycles. The first kappa shape index (κ1) is 13.3. The second kappa shape index (κ2) is 5.25. The summed E-state index contributed by atoms with van der Waals surface area (Å²) in [5, 5.41) is 1.54. The Bertz CT molecular complexity index is 459. The second-order valence-corrected chi connectivity index (χ2v) is 9.15. The summed E-state index contributed by atoms with van der Waals surface area (Å²) in [4.78, 5) is 0. The summed E-state index contributed by atoms with van der Waals surface area (Å²) in [7, 11) is -1.71. The monoisotopic (exact) mass is 258 g/mol. The van der Waals surface area contributed by atoms with E-state index in [-0.39, 0.29) is 6.10 Å². The number of benzene rings is 1. The second-order valence-electron chi connectivity index (χ2n) is 5.29. The Morgan fingerprint density at radius 2 is 2.06 bits per heavy atom. The highest BCUT2D eigenvalue weighted by Gasteiger charge is 2.40. The zero-order valence-electron chi connectivity index (χ0n) is 11.6. The Morgan fingerprint density at radius 3 is 2.61 bits per heavy atom. The maximum atomic E-state index is 6.37. The van der Waals surface area contributed by atoms with Gasteiger partial charge in [0.25, 0.3) is 0 Å². The highest BCUT2D eigenvalue weighted by atomic mass is 28.4. The summed E-state index contributed by atoms with van der Waals surface area (Å²) >= 11 is 0. The minimum Gasteiger partial charge on any atom is -0.406 e. The van der Waals surface area contributed by atoms with Crippen molar-refractivity contribution in [2.24, 2.45) is 0 Å². The van der Waals surface area contributed by atoms with Gasteiger partial charge >= 0.3 is 0 Å². The molecule has 18 heavy (non-hydrogen) atoms. The summed E-state index contributed by atoms with van der Waals surface area (Å²) in [6.07, 6.45) is 4.35. The molecule has 0 radical (unpaired) electrons. The van der Waals surface area contributed by atoms with Crippen LogP contribution >= 0.6 is 0 Å². The summed E-state index contributed by atoms with van der Waals surface area (Å²) in [6.45, 7) is 10.7. The lowest BCUT2D eigenvalue weighted by Crippen LogP contribution is -2.28. The van der Waals surface area contributed by atoms with E-state index in [1.54, 1.807) is 0 Å². The van der Waals surface area contributed by atoms with Crippen LogP contribution in [0.25, 0.3) is 0 Å². The van der Waals surface area contributed by atoms with Gasteiger partial charge in [0.1, 0.15) is 0 Å². The molecule has 1 atom stereocenters. The fourth-order valence-electron chi connectivity index (χ4n) is 2.75. The van der Waals surface area contributed by atoms with Gasteiger partial charge in [-0.1, -0.05) is 55.5 Å². The van der Waals surface area contributed by atoms with Gasteiger partial charge in [0.15, 0.2) is 0 Å². The van der Waals surface area contributed by atoms with Crippen molar-refractivity contribution in [3.63, 3.8) is 0 Å². The average Bonchev–Trinajstić information content (AvgIpc) is 2.69. The highest BCUT2D eigenvalue weighted by molar-refractivity contribution is 6.79. The molecule has 1 heterocycles. The highest BCUT2D eigenvalue weighted by Crippen LogP contribution is 2.42. The Labute approximate surface area is 111 Å². The van der Waals surface area contributed by atoms with Crippen LogP contribution in [0.3, 0.4) is 0 Å². The summed E-state index contributed by atoms with van der Waals surface area (Å²) in [6, 6.07) is 10.6. The first-order valence-electron chi connectivity index (χ1n) is 6.66. The van der Waals surface area contributed by atoms with Crippen molar-refractivity contribution in [1.29, 1.82) is 0 Å². The molecule has 2 rings (SSSR count). The summed E-state index contributed by atoms with van der Waals surface area (Å²) in [5.74, 6) is 0. The lowest BCUT2D eigenvalue weighted by molar-refractivity contribution is 0.230.